The molecule has 0 amide bonds. The first-order valence-electron chi connectivity index (χ1n) is 5.76. The Morgan fingerprint density at radius 2 is 2.18 bits per heavy atom. The summed E-state index contributed by atoms with van der Waals surface area (Å²) in [6.45, 7) is 2.77. The average molecular weight is 302 g/mol. The second kappa shape index (κ2) is 6.99. The van der Waals surface area contributed by atoms with Gasteiger partial charge in [0, 0.05) is 11.1 Å². The molecule has 0 aliphatic rings. The van der Waals surface area contributed by atoms with Crippen LogP contribution < -0.4 is 10.5 Å². The van der Waals surface area contributed by atoms with Gasteiger partial charge in [0.1, 0.15) is 5.75 Å². The van der Waals surface area contributed by atoms with Crippen molar-refractivity contribution < 1.29 is 9.84 Å². The number of rotatable bonds is 6. The van der Waals surface area contributed by atoms with E-state index in [0.717, 1.165) is 22.2 Å². The van der Waals surface area contributed by atoms with Crippen LogP contribution in [-0.2, 0) is 0 Å². The van der Waals surface area contributed by atoms with Crippen LogP contribution in [0, 0.1) is 5.92 Å². The number of aliphatic hydroxyl groups is 1. The Morgan fingerprint density at radius 3 is 2.71 bits per heavy atom. The molecule has 0 saturated carbocycles. The van der Waals surface area contributed by atoms with E-state index < -0.39 is 0 Å². The molecule has 1 rings (SSSR count). The summed E-state index contributed by atoms with van der Waals surface area (Å²) in [6.07, 6.45) is 0.861. The molecule has 1 aromatic carbocycles. The molecule has 2 atom stereocenters. The third-order valence-electron chi connectivity index (χ3n) is 3.00. The fraction of sp³-hybridized carbons (Fsp3) is 0.538. The minimum Gasteiger partial charge on any atom is -0.496 e. The van der Waals surface area contributed by atoms with E-state index in [0.29, 0.717) is 12.5 Å². The predicted octanol–water partition coefficient (Wildman–Crippen LogP) is 2.52. The van der Waals surface area contributed by atoms with E-state index in [1.54, 1.807) is 7.11 Å². The van der Waals surface area contributed by atoms with Crippen molar-refractivity contribution in [3.8, 4) is 5.75 Å². The van der Waals surface area contributed by atoms with Crippen molar-refractivity contribution in [1.29, 1.82) is 0 Å². The highest BCUT2D eigenvalue weighted by atomic mass is 79.9. The third-order valence-corrected chi connectivity index (χ3v) is 3.49. The number of nitrogens with two attached hydrogens (primary N) is 1. The van der Waals surface area contributed by atoms with Crippen LogP contribution in [0.25, 0.3) is 0 Å². The summed E-state index contributed by atoms with van der Waals surface area (Å²) in [5, 5.41) is 9.18. The molecule has 0 saturated heterocycles. The van der Waals surface area contributed by atoms with Crippen LogP contribution in [0.1, 0.15) is 24.8 Å². The van der Waals surface area contributed by atoms with Gasteiger partial charge in [0.2, 0.25) is 0 Å². The predicted molar refractivity (Wildman–Crippen MR) is 73.4 cm³/mol. The molecule has 0 aliphatic carbocycles. The number of methoxy groups -OCH3 is 1. The van der Waals surface area contributed by atoms with Gasteiger partial charge < -0.3 is 15.6 Å². The molecular formula is C13H20BrNO2. The Balaban J connectivity index is 2.86. The van der Waals surface area contributed by atoms with E-state index in [1.165, 1.54) is 0 Å². The van der Waals surface area contributed by atoms with Crippen molar-refractivity contribution in [1.82, 2.24) is 0 Å². The minimum atomic E-state index is 0.136. The Kier molecular flexibility index (Phi) is 5.95. The number of hydrogen-bond donors (Lipinski definition) is 2. The lowest BCUT2D eigenvalue weighted by atomic mass is 9.90. The molecule has 2 unspecified atom stereocenters. The van der Waals surface area contributed by atoms with Crippen molar-refractivity contribution >= 4 is 15.9 Å². The molecular weight excluding hydrogens is 282 g/mol. The van der Waals surface area contributed by atoms with E-state index >= 15 is 0 Å². The van der Waals surface area contributed by atoms with Gasteiger partial charge in [-0.3, -0.25) is 0 Å². The SMILES string of the molecule is COc1ccc(Br)cc1C(C)CC(CN)CO. The Bertz CT molecular complexity index is 353. The van der Waals surface area contributed by atoms with E-state index in [4.69, 9.17) is 10.5 Å². The number of hydrogen-bond acceptors (Lipinski definition) is 3. The lowest BCUT2D eigenvalue weighted by Crippen LogP contribution is -2.20. The van der Waals surface area contributed by atoms with Crippen LogP contribution in [0.3, 0.4) is 0 Å². The molecule has 0 spiro atoms. The number of benzene rings is 1. The summed E-state index contributed by atoms with van der Waals surface area (Å²) in [6, 6.07) is 5.97. The number of ether oxygens (including phenoxy) is 1. The second-order valence-electron chi connectivity index (χ2n) is 4.31. The molecule has 1 aromatic rings. The molecule has 0 fully saturated rings. The molecule has 96 valence electrons. The van der Waals surface area contributed by atoms with E-state index in [9.17, 15) is 5.11 Å². The summed E-state index contributed by atoms with van der Waals surface area (Å²) in [4.78, 5) is 0. The van der Waals surface area contributed by atoms with Crippen LogP contribution in [0.5, 0.6) is 5.75 Å². The van der Waals surface area contributed by atoms with E-state index in [2.05, 4.69) is 28.9 Å². The van der Waals surface area contributed by atoms with Crippen LogP contribution >= 0.6 is 15.9 Å². The topological polar surface area (TPSA) is 55.5 Å². The monoisotopic (exact) mass is 301 g/mol. The van der Waals surface area contributed by atoms with Crippen LogP contribution in [0.4, 0.5) is 0 Å². The first-order valence-corrected chi connectivity index (χ1v) is 6.56. The summed E-state index contributed by atoms with van der Waals surface area (Å²) in [7, 11) is 1.67. The molecule has 0 radical (unpaired) electrons. The fourth-order valence-corrected chi connectivity index (χ4v) is 2.34. The van der Waals surface area contributed by atoms with Gasteiger partial charge in [-0.1, -0.05) is 22.9 Å². The zero-order valence-electron chi connectivity index (χ0n) is 10.3. The normalized spacial score (nSPS) is 14.4. The van der Waals surface area contributed by atoms with E-state index in [-0.39, 0.29) is 12.5 Å². The summed E-state index contributed by atoms with van der Waals surface area (Å²) < 4.78 is 6.39. The Morgan fingerprint density at radius 1 is 1.47 bits per heavy atom. The van der Waals surface area contributed by atoms with Crippen LogP contribution in [0.2, 0.25) is 0 Å². The maximum absolute atomic E-state index is 9.18. The van der Waals surface area contributed by atoms with Crippen LogP contribution in [0.15, 0.2) is 22.7 Å². The molecule has 4 heteroatoms. The summed E-state index contributed by atoms with van der Waals surface area (Å²) in [5.41, 5.74) is 6.76. The second-order valence-corrected chi connectivity index (χ2v) is 5.22. The van der Waals surface area contributed by atoms with Gasteiger partial charge in [0.25, 0.3) is 0 Å². The maximum atomic E-state index is 9.18. The first-order chi connectivity index (χ1) is 8.12. The fourth-order valence-electron chi connectivity index (χ4n) is 1.96. The van der Waals surface area contributed by atoms with Crippen molar-refractivity contribution in [2.45, 2.75) is 19.3 Å². The highest BCUT2D eigenvalue weighted by Crippen LogP contribution is 2.32. The quantitative estimate of drug-likeness (QED) is 0.849. The van der Waals surface area contributed by atoms with Gasteiger partial charge in [0.15, 0.2) is 0 Å². The average Bonchev–Trinajstić information content (AvgIpc) is 2.35. The van der Waals surface area contributed by atoms with Gasteiger partial charge >= 0.3 is 0 Å². The van der Waals surface area contributed by atoms with Crippen LogP contribution in [-0.4, -0.2) is 25.4 Å². The minimum absolute atomic E-state index is 0.136. The van der Waals surface area contributed by atoms with Gasteiger partial charge in [-0.25, -0.2) is 0 Å². The highest BCUT2D eigenvalue weighted by molar-refractivity contribution is 9.10. The molecule has 3 nitrogen and oxygen atoms in total. The molecule has 0 heterocycles. The lowest BCUT2D eigenvalue weighted by molar-refractivity contribution is 0.216. The Labute approximate surface area is 111 Å². The molecule has 0 aromatic heterocycles. The largest absolute Gasteiger partial charge is 0.496 e. The molecule has 3 N–H and O–H groups in total. The summed E-state index contributed by atoms with van der Waals surface area (Å²) >= 11 is 3.46. The zero-order chi connectivity index (χ0) is 12.8. The smallest absolute Gasteiger partial charge is 0.122 e. The zero-order valence-corrected chi connectivity index (χ0v) is 11.9. The molecule has 0 bridgehead atoms. The van der Waals surface area contributed by atoms with Gasteiger partial charge in [-0.15, -0.1) is 0 Å². The highest BCUT2D eigenvalue weighted by Gasteiger charge is 2.16. The molecule has 0 aliphatic heterocycles. The summed E-state index contributed by atoms with van der Waals surface area (Å²) in [5.74, 6) is 1.34. The Hall–Kier alpha value is -0.580. The van der Waals surface area contributed by atoms with Gasteiger partial charge in [0.05, 0.1) is 7.11 Å². The number of halogens is 1. The molecule has 17 heavy (non-hydrogen) atoms. The number of aliphatic hydroxyl groups excluding tert-OH is 1. The van der Waals surface area contributed by atoms with Crippen molar-refractivity contribution in [3.05, 3.63) is 28.2 Å². The standard InChI is InChI=1S/C13H20BrNO2/c1-9(5-10(7-15)8-16)12-6-11(14)3-4-13(12)17-2/h3-4,6,9-10,16H,5,7-8,15H2,1-2H3. The van der Waals surface area contributed by atoms with E-state index in [1.807, 2.05) is 12.1 Å². The van der Waals surface area contributed by atoms with Gasteiger partial charge in [-0.2, -0.15) is 0 Å². The van der Waals surface area contributed by atoms with Crippen molar-refractivity contribution in [2.24, 2.45) is 11.7 Å². The maximum Gasteiger partial charge on any atom is 0.122 e. The first kappa shape index (κ1) is 14.5. The lowest BCUT2D eigenvalue weighted by Gasteiger charge is -2.20. The van der Waals surface area contributed by atoms with Crippen molar-refractivity contribution in [3.63, 3.8) is 0 Å². The van der Waals surface area contributed by atoms with Gasteiger partial charge in [-0.05, 0) is 48.6 Å². The third kappa shape index (κ3) is 3.98. The van der Waals surface area contributed by atoms with Crippen molar-refractivity contribution in [2.75, 3.05) is 20.3 Å².